The van der Waals surface area contributed by atoms with Gasteiger partial charge in [0.1, 0.15) is 5.69 Å². The third kappa shape index (κ3) is 1.40. The second-order valence-electron chi connectivity index (χ2n) is 2.79. The molecule has 1 aromatic heterocycles. The summed E-state index contributed by atoms with van der Waals surface area (Å²) in [4.78, 5) is 14.5. The monoisotopic (exact) mass is 183 g/mol. The number of hydrogen-bond donors (Lipinski definition) is 0. The number of thiazole rings is 1. The molecule has 0 bridgehead atoms. The van der Waals surface area contributed by atoms with E-state index in [1.54, 1.807) is 16.7 Å². The molecule has 0 aromatic carbocycles. The number of aldehydes is 1. The van der Waals surface area contributed by atoms with Gasteiger partial charge in [0.15, 0.2) is 6.29 Å². The lowest BCUT2D eigenvalue weighted by atomic mass is 10.1. The Morgan fingerprint density at radius 2 is 2.67 bits per heavy atom. The Balaban J connectivity index is 2.16. The van der Waals surface area contributed by atoms with Crippen molar-refractivity contribution in [2.75, 3.05) is 13.2 Å². The normalized spacial score (nSPS) is 22.8. The highest BCUT2D eigenvalue weighted by Crippen LogP contribution is 2.27. The average Bonchev–Trinajstić information content (AvgIpc) is 2.75. The van der Waals surface area contributed by atoms with Gasteiger partial charge in [0.2, 0.25) is 0 Å². The summed E-state index contributed by atoms with van der Waals surface area (Å²) in [6.07, 6.45) is 1.82. The van der Waals surface area contributed by atoms with Crippen molar-refractivity contribution in [2.24, 2.45) is 0 Å². The van der Waals surface area contributed by atoms with Gasteiger partial charge in [0.05, 0.1) is 11.6 Å². The van der Waals surface area contributed by atoms with Gasteiger partial charge in [0, 0.05) is 17.9 Å². The maximum absolute atomic E-state index is 10.3. The molecule has 0 amide bonds. The molecule has 0 radical (unpaired) electrons. The van der Waals surface area contributed by atoms with E-state index in [4.69, 9.17) is 4.74 Å². The number of carbonyl (C=O) groups is 1. The fourth-order valence-corrected chi connectivity index (χ4v) is 2.16. The molecule has 0 N–H and O–H groups in total. The molecule has 1 fully saturated rings. The molecular formula is C8H9NO2S. The smallest absolute Gasteiger partial charge is 0.169 e. The van der Waals surface area contributed by atoms with Crippen molar-refractivity contribution in [3.05, 3.63) is 16.1 Å². The van der Waals surface area contributed by atoms with Crippen LogP contribution in [-0.2, 0) is 4.74 Å². The number of nitrogens with zero attached hydrogens (tertiary/aromatic N) is 1. The first kappa shape index (κ1) is 7.89. The Kier molecular flexibility index (Phi) is 2.19. The highest BCUT2D eigenvalue weighted by atomic mass is 32.1. The molecule has 2 rings (SSSR count). The van der Waals surface area contributed by atoms with Crippen LogP contribution in [0.5, 0.6) is 0 Å². The summed E-state index contributed by atoms with van der Waals surface area (Å²) < 4.78 is 5.23. The molecule has 0 spiro atoms. The molecule has 1 unspecified atom stereocenters. The average molecular weight is 183 g/mol. The summed E-state index contributed by atoms with van der Waals surface area (Å²) in [5, 5.41) is 2.83. The standard InChI is InChI=1S/C8H9NO2S/c10-3-7-5-12-8(9-7)6-1-2-11-4-6/h3,5-6H,1-2,4H2. The van der Waals surface area contributed by atoms with Gasteiger partial charge in [-0.3, -0.25) is 4.79 Å². The second kappa shape index (κ2) is 3.33. The van der Waals surface area contributed by atoms with Crippen LogP contribution in [0, 0.1) is 0 Å². The minimum Gasteiger partial charge on any atom is -0.381 e. The van der Waals surface area contributed by atoms with E-state index in [-0.39, 0.29) is 0 Å². The quantitative estimate of drug-likeness (QED) is 0.651. The van der Waals surface area contributed by atoms with Crippen molar-refractivity contribution in [3.63, 3.8) is 0 Å². The summed E-state index contributed by atoms with van der Waals surface area (Å²) in [5.41, 5.74) is 0.543. The number of hydrogen-bond acceptors (Lipinski definition) is 4. The fraction of sp³-hybridized carbons (Fsp3) is 0.500. The minimum atomic E-state index is 0.420. The van der Waals surface area contributed by atoms with Gasteiger partial charge in [-0.2, -0.15) is 0 Å². The van der Waals surface area contributed by atoms with Crippen molar-refractivity contribution >= 4 is 17.6 Å². The largest absolute Gasteiger partial charge is 0.381 e. The van der Waals surface area contributed by atoms with Crippen LogP contribution < -0.4 is 0 Å². The van der Waals surface area contributed by atoms with Crippen LogP contribution in [0.4, 0.5) is 0 Å². The van der Waals surface area contributed by atoms with E-state index in [0.29, 0.717) is 11.6 Å². The zero-order valence-corrected chi connectivity index (χ0v) is 7.34. The Morgan fingerprint density at radius 1 is 1.75 bits per heavy atom. The zero-order valence-electron chi connectivity index (χ0n) is 6.53. The molecule has 1 aliphatic heterocycles. The van der Waals surface area contributed by atoms with Crippen LogP contribution >= 0.6 is 11.3 Å². The highest BCUT2D eigenvalue weighted by Gasteiger charge is 2.20. The van der Waals surface area contributed by atoms with E-state index in [1.165, 1.54) is 0 Å². The van der Waals surface area contributed by atoms with Gasteiger partial charge in [0.25, 0.3) is 0 Å². The first-order valence-electron chi connectivity index (χ1n) is 3.88. The van der Waals surface area contributed by atoms with Crippen LogP contribution in [0.25, 0.3) is 0 Å². The molecule has 0 aliphatic carbocycles. The van der Waals surface area contributed by atoms with E-state index in [9.17, 15) is 4.79 Å². The summed E-state index contributed by atoms with van der Waals surface area (Å²) in [6, 6.07) is 0. The van der Waals surface area contributed by atoms with Crippen molar-refractivity contribution < 1.29 is 9.53 Å². The Morgan fingerprint density at radius 3 is 3.25 bits per heavy atom. The maximum atomic E-state index is 10.3. The molecule has 1 saturated heterocycles. The third-order valence-corrected chi connectivity index (χ3v) is 2.96. The molecule has 1 atom stereocenters. The molecule has 2 heterocycles. The lowest BCUT2D eigenvalue weighted by molar-refractivity contribution is 0.111. The van der Waals surface area contributed by atoms with Crippen molar-refractivity contribution in [1.29, 1.82) is 0 Å². The highest BCUT2D eigenvalue weighted by molar-refractivity contribution is 7.09. The lowest BCUT2D eigenvalue weighted by Gasteiger charge is -1.99. The Labute approximate surface area is 74.4 Å². The van der Waals surface area contributed by atoms with Gasteiger partial charge in [-0.05, 0) is 6.42 Å². The van der Waals surface area contributed by atoms with Gasteiger partial charge in [-0.25, -0.2) is 4.98 Å². The van der Waals surface area contributed by atoms with Crippen LogP contribution in [-0.4, -0.2) is 24.5 Å². The van der Waals surface area contributed by atoms with E-state index in [0.717, 1.165) is 30.9 Å². The van der Waals surface area contributed by atoms with Crippen LogP contribution in [0.1, 0.15) is 27.8 Å². The molecule has 1 aromatic rings. The first-order valence-corrected chi connectivity index (χ1v) is 4.76. The van der Waals surface area contributed by atoms with Crippen LogP contribution in [0.15, 0.2) is 5.38 Å². The van der Waals surface area contributed by atoms with Crippen molar-refractivity contribution in [1.82, 2.24) is 4.98 Å². The van der Waals surface area contributed by atoms with E-state index < -0.39 is 0 Å². The number of aromatic nitrogens is 1. The number of carbonyl (C=O) groups excluding carboxylic acids is 1. The molecule has 12 heavy (non-hydrogen) atoms. The molecule has 3 nitrogen and oxygen atoms in total. The fourth-order valence-electron chi connectivity index (χ4n) is 1.27. The summed E-state index contributed by atoms with van der Waals surface area (Å²) in [7, 11) is 0. The lowest BCUT2D eigenvalue weighted by Crippen LogP contribution is -1.96. The van der Waals surface area contributed by atoms with Gasteiger partial charge >= 0.3 is 0 Å². The zero-order chi connectivity index (χ0) is 8.39. The summed E-state index contributed by atoms with van der Waals surface area (Å²) in [6.45, 7) is 1.58. The van der Waals surface area contributed by atoms with Crippen molar-refractivity contribution in [2.45, 2.75) is 12.3 Å². The molecule has 64 valence electrons. The molecule has 0 saturated carbocycles. The first-order chi connectivity index (χ1) is 5.90. The molecule has 4 heteroatoms. The Bertz CT molecular complexity index is 278. The summed E-state index contributed by atoms with van der Waals surface area (Å²) >= 11 is 1.55. The number of rotatable bonds is 2. The Hall–Kier alpha value is -0.740. The van der Waals surface area contributed by atoms with Gasteiger partial charge in [-0.1, -0.05) is 0 Å². The molecular weight excluding hydrogens is 174 g/mol. The van der Waals surface area contributed by atoms with E-state index >= 15 is 0 Å². The topological polar surface area (TPSA) is 39.2 Å². The number of ether oxygens (including phenoxy) is 1. The van der Waals surface area contributed by atoms with E-state index in [2.05, 4.69) is 4.98 Å². The third-order valence-electron chi connectivity index (χ3n) is 1.94. The van der Waals surface area contributed by atoms with E-state index in [1.807, 2.05) is 0 Å². The second-order valence-corrected chi connectivity index (χ2v) is 3.68. The minimum absolute atomic E-state index is 0.420. The molecule has 1 aliphatic rings. The van der Waals surface area contributed by atoms with Gasteiger partial charge in [-0.15, -0.1) is 11.3 Å². The SMILES string of the molecule is O=Cc1csc(C2CCOC2)n1. The maximum Gasteiger partial charge on any atom is 0.169 e. The summed E-state index contributed by atoms with van der Waals surface area (Å²) in [5.74, 6) is 0.420. The van der Waals surface area contributed by atoms with Gasteiger partial charge < -0.3 is 4.74 Å². The van der Waals surface area contributed by atoms with Crippen LogP contribution in [0.3, 0.4) is 0 Å². The van der Waals surface area contributed by atoms with Crippen LogP contribution in [0.2, 0.25) is 0 Å². The predicted molar refractivity (Wildman–Crippen MR) is 45.7 cm³/mol. The predicted octanol–water partition coefficient (Wildman–Crippen LogP) is 1.46. The van der Waals surface area contributed by atoms with Crippen molar-refractivity contribution in [3.8, 4) is 0 Å².